The van der Waals surface area contributed by atoms with Gasteiger partial charge in [0.1, 0.15) is 11.4 Å². The van der Waals surface area contributed by atoms with Crippen molar-refractivity contribution in [3.8, 4) is 11.1 Å². The number of fused-ring (bicyclic) bond motifs is 1. The number of hydrogen-bond acceptors (Lipinski definition) is 4. The van der Waals surface area contributed by atoms with Crippen LogP contribution in [0.25, 0.3) is 22.2 Å². The van der Waals surface area contributed by atoms with Crippen molar-refractivity contribution >= 4 is 28.7 Å². The molecule has 0 radical (unpaired) electrons. The van der Waals surface area contributed by atoms with Gasteiger partial charge in [-0.2, -0.15) is 0 Å². The Balaban J connectivity index is 1.42. The van der Waals surface area contributed by atoms with Crippen LogP contribution in [0.5, 0.6) is 0 Å². The molecule has 4 rings (SSSR count). The Hall–Kier alpha value is -4.13. The van der Waals surface area contributed by atoms with Crippen molar-refractivity contribution in [3.05, 3.63) is 83.7 Å². The van der Waals surface area contributed by atoms with Gasteiger partial charge in [0, 0.05) is 32.2 Å². The van der Waals surface area contributed by atoms with E-state index < -0.39 is 5.60 Å². The second kappa shape index (κ2) is 19.3. The number of hydrogen-bond donors (Lipinski definition) is 1. The summed E-state index contributed by atoms with van der Waals surface area (Å²) in [5.74, 6) is 0.724. The summed E-state index contributed by atoms with van der Waals surface area (Å²) in [5.41, 5.74) is 5.73. The fraction of sp³-hybridized carbons (Fsp3) is 0.512. The van der Waals surface area contributed by atoms with E-state index in [0.717, 1.165) is 71.3 Å². The molecule has 1 heterocycles. The lowest BCUT2D eigenvalue weighted by atomic mass is 9.98. The molecule has 0 saturated carbocycles. The van der Waals surface area contributed by atoms with Crippen LogP contribution in [0.3, 0.4) is 0 Å². The van der Waals surface area contributed by atoms with Gasteiger partial charge in [-0.25, -0.2) is 14.6 Å². The normalized spacial score (nSPS) is 11.6. The van der Waals surface area contributed by atoms with Gasteiger partial charge in [-0.05, 0) is 74.6 Å². The van der Waals surface area contributed by atoms with Crippen molar-refractivity contribution in [3.63, 3.8) is 0 Å². The van der Waals surface area contributed by atoms with E-state index in [1.54, 1.807) is 4.90 Å². The first-order valence-corrected chi connectivity index (χ1v) is 19.0. The molecule has 0 spiro atoms. The first kappa shape index (κ1) is 38.7. The molecule has 0 saturated heterocycles. The quantitative estimate of drug-likeness (QED) is 0.0790. The Morgan fingerprint density at radius 3 is 2.10 bits per heavy atom. The number of benzene rings is 3. The van der Waals surface area contributed by atoms with Crippen LogP contribution < -0.4 is 10.2 Å². The first-order chi connectivity index (χ1) is 24.1. The minimum Gasteiger partial charge on any atom is -0.456 e. The second-order valence-corrected chi connectivity index (χ2v) is 14.6. The molecule has 270 valence electrons. The van der Waals surface area contributed by atoms with Crippen LogP contribution >= 0.6 is 0 Å². The number of ether oxygens (including phenoxy) is 1. The lowest BCUT2D eigenvalue weighted by Crippen LogP contribution is -2.37. The van der Waals surface area contributed by atoms with Crippen LogP contribution in [0, 0.1) is 0 Å². The maximum atomic E-state index is 13.1. The van der Waals surface area contributed by atoms with Crippen LogP contribution in [0.15, 0.2) is 66.7 Å². The van der Waals surface area contributed by atoms with E-state index in [-0.39, 0.29) is 12.0 Å². The Labute approximate surface area is 300 Å². The summed E-state index contributed by atoms with van der Waals surface area (Å²) in [6.45, 7) is 11.4. The third-order valence-corrected chi connectivity index (χ3v) is 9.21. The third-order valence-electron chi connectivity index (χ3n) is 9.21. The lowest BCUT2D eigenvalue weighted by Gasteiger charge is -2.20. The van der Waals surface area contributed by atoms with Crippen molar-refractivity contribution in [2.24, 2.45) is 0 Å². The van der Waals surface area contributed by atoms with E-state index in [0.29, 0.717) is 18.7 Å². The molecule has 0 aliphatic rings. The van der Waals surface area contributed by atoms with E-state index >= 15 is 0 Å². The molecule has 7 nitrogen and oxygen atoms in total. The van der Waals surface area contributed by atoms with Gasteiger partial charge in [-0.1, -0.05) is 121 Å². The van der Waals surface area contributed by atoms with Gasteiger partial charge in [0.15, 0.2) is 0 Å². The number of carbonyl (C=O) groups is 2. The molecular weight excluding hydrogens is 620 g/mol. The predicted molar refractivity (Wildman–Crippen MR) is 208 cm³/mol. The number of aryl methyl sites for hydroxylation is 1. The number of aromatic nitrogens is 2. The minimum absolute atomic E-state index is 0.0835. The van der Waals surface area contributed by atoms with Gasteiger partial charge in [0.2, 0.25) is 0 Å². The fourth-order valence-electron chi connectivity index (χ4n) is 6.33. The summed E-state index contributed by atoms with van der Waals surface area (Å²) in [7, 11) is 1.83. The number of esters is 1. The molecule has 2 amide bonds. The summed E-state index contributed by atoms with van der Waals surface area (Å²) < 4.78 is 7.97. The number of nitrogens with one attached hydrogen (secondary N) is 1. The number of amides is 2. The van der Waals surface area contributed by atoms with Crippen molar-refractivity contribution in [2.75, 3.05) is 18.5 Å². The molecule has 3 aromatic carbocycles. The Kier molecular flexibility index (Phi) is 14.9. The molecule has 0 aliphatic carbocycles. The smallest absolute Gasteiger partial charge is 0.339 e. The molecule has 0 aliphatic heterocycles. The van der Waals surface area contributed by atoms with Gasteiger partial charge >= 0.3 is 12.0 Å². The van der Waals surface area contributed by atoms with Crippen molar-refractivity contribution in [1.29, 1.82) is 0 Å². The molecule has 0 bridgehead atoms. The number of carbonyl (C=O) groups excluding carboxylic acids is 2. The van der Waals surface area contributed by atoms with Gasteiger partial charge in [-0.15, -0.1) is 0 Å². The average Bonchev–Trinajstić information content (AvgIpc) is 3.44. The zero-order valence-electron chi connectivity index (χ0n) is 31.5. The predicted octanol–water partition coefficient (Wildman–Crippen LogP) is 11.1. The van der Waals surface area contributed by atoms with E-state index in [2.05, 4.69) is 54.1 Å². The monoisotopic (exact) mass is 680 g/mol. The number of rotatable bonds is 19. The molecular formula is C43H60N4O3. The lowest BCUT2D eigenvalue weighted by molar-refractivity contribution is 0.00703. The highest BCUT2D eigenvalue weighted by Crippen LogP contribution is 2.28. The molecule has 0 unspecified atom stereocenters. The molecule has 1 N–H and O–H groups in total. The standard InChI is InChI=1S/C43H60N4O3/c1-7-9-11-12-13-14-15-16-17-20-30-44-42(49)46(6)35-28-29-38-39(31-35)47(40(45-38)23-10-8-2)32-33-24-26-34(27-25-33)36-21-18-19-22-37(36)41(48)50-43(3,4)5/h18-19,21-22,24-29,31H,7-17,20,23,30,32H2,1-6H3,(H,44,49). The van der Waals surface area contributed by atoms with Gasteiger partial charge in [0.05, 0.1) is 16.6 Å². The number of imidazole rings is 1. The van der Waals surface area contributed by atoms with Gasteiger partial charge < -0.3 is 14.6 Å². The first-order valence-electron chi connectivity index (χ1n) is 19.0. The van der Waals surface area contributed by atoms with Crippen LogP contribution in [-0.2, 0) is 17.7 Å². The maximum absolute atomic E-state index is 13.1. The van der Waals surface area contributed by atoms with E-state index in [1.807, 2.05) is 64.2 Å². The summed E-state index contributed by atoms with van der Waals surface area (Å²) in [4.78, 5) is 32.8. The molecule has 4 aromatic rings. The van der Waals surface area contributed by atoms with Crippen molar-refractivity contribution in [1.82, 2.24) is 14.9 Å². The highest BCUT2D eigenvalue weighted by molar-refractivity contribution is 5.97. The van der Waals surface area contributed by atoms with E-state index in [4.69, 9.17) is 9.72 Å². The number of nitrogens with zero attached hydrogens (tertiary/aromatic N) is 3. The number of unbranched alkanes of at least 4 members (excludes halogenated alkanes) is 10. The molecule has 0 fully saturated rings. The summed E-state index contributed by atoms with van der Waals surface area (Å²) in [6.07, 6.45) is 15.8. The van der Waals surface area contributed by atoms with Gasteiger partial charge in [-0.3, -0.25) is 4.90 Å². The Bertz CT molecular complexity index is 1650. The minimum atomic E-state index is -0.567. The SMILES string of the molecule is CCCCCCCCCCCCNC(=O)N(C)c1ccc2nc(CCCC)n(Cc3ccc(-c4ccccc4C(=O)OC(C)(C)C)cc3)c2c1. The number of anilines is 1. The van der Waals surface area contributed by atoms with Crippen LogP contribution in [0.1, 0.15) is 133 Å². The van der Waals surface area contributed by atoms with Crippen molar-refractivity contribution in [2.45, 2.75) is 130 Å². The third kappa shape index (κ3) is 11.5. The zero-order valence-corrected chi connectivity index (χ0v) is 31.5. The molecule has 7 heteroatoms. The van der Waals surface area contributed by atoms with Crippen LogP contribution in [0.4, 0.5) is 10.5 Å². The second-order valence-electron chi connectivity index (χ2n) is 14.6. The maximum Gasteiger partial charge on any atom is 0.339 e. The Morgan fingerprint density at radius 2 is 1.44 bits per heavy atom. The molecule has 50 heavy (non-hydrogen) atoms. The van der Waals surface area contributed by atoms with Gasteiger partial charge in [0.25, 0.3) is 0 Å². The summed E-state index contributed by atoms with van der Waals surface area (Å²) in [6, 6.07) is 22.0. The largest absolute Gasteiger partial charge is 0.456 e. The highest BCUT2D eigenvalue weighted by Gasteiger charge is 2.21. The van der Waals surface area contributed by atoms with Crippen molar-refractivity contribution < 1.29 is 14.3 Å². The van der Waals surface area contributed by atoms with E-state index in [1.165, 1.54) is 51.4 Å². The molecule has 1 aromatic heterocycles. The number of urea groups is 1. The summed E-state index contributed by atoms with van der Waals surface area (Å²) in [5, 5.41) is 3.12. The fourth-order valence-corrected chi connectivity index (χ4v) is 6.33. The Morgan fingerprint density at radius 1 is 0.800 bits per heavy atom. The van der Waals surface area contributed by atoms with Crippen LogP contribution in [-0.4, -0.2) is 40.7 Å². The summed E-state index contributed by atoms with van der Waals surface area (Å²) >= 11 is 0. The highest BCUT2D eigenvalue weighted by atomic mass is 16.6. The van der Waals surface area contributed by atoms with E-state index in [9.17, 15) is 9.59 Å². The topological polar surface area (TPSA) is 76.5 Å². The zero-order chi connectivity index (χ0) is 35.9. The van der Waals surface area contributed by atoms with Crippen LogP contribution in [0.2, 0.25) is 0 Å². The average molecular weight is 681 g/mol. The molecule has 0 atom stereocenters.